The maximum Gasteiger partial charge on any atom is 0.129 e. The summed E-state index contributed by atoms with van der Waals surface area (Å²) in [5.74, 6) is 0.731. The second-order valence-electron chi connectivity index (χ2n) is 5.78. The van der Waals surface area contributed by atoms with Crippen molar-refractivity contribution in [3.63, 3.8) is 0 Å². The van der Waals surface area contributed by atoms with Crippen molar-refractivity contribution in [2.75, 3.05) is 13.2 Å². The maximum absolute atomic E-state index is 13.9. The Labute approximate surface area is 128 Å². The lowest BCUT2D eigenvalue weighted by atomic mass is 9.79. The maximum atomic E-state index is 13.9. The third-order valence-electron chi connectivity index (χ3n) is 4.42. The van der Waals surface area contributed by atoms with Gasteiger partial charge in [-0.1, -0.05) is 34.8 Å². The molecule has 2 rings (SSSR count). The zero-order valence-corrected chi connectivity index (χ0v) is 13.5. The molecule has 3 unspecified atom stereocenters. The number of hydrogen-bond donors (Lipinski definition) is 2. The Morgan fingerprint density at radius 2 is 2.05 bits per heavy atom. The monoisotopic (exact) mass is 343 g/mol. The summed E-state index contributed by atoms with van der Waals surface area (Å²) in [6.45, 7) is 3.11. The Bertz CT molecular complexity index is 440. The number of halogens is 2. The Balaban J connectivity index is 1.92. The van der Waals surface area contributed by atoms with Gasteiger partial charge in [-0.3, -0.25) is 0 Å². The highest BCUT2D eigenvalue weighted by atomic mass is 79.9. The van der Waals surface area contributed by atoms with Crippen LogP contribution in [0.3, 0.4) is 0 Å². The molecule has 0 aromatic heterocycles. The van der Waals surface area contributed by atoms with Gasteiger partial charge in [-0.2, -0.15) is 0 Å². The fourth-order valence-electron chi connectivity index (χ4n) is 3.08. The van der Waals surface area contributed by atoms with Gasteiger partial charge in [0.05, 0.1) is 0 Å². The van der Waals surface area contributed by atoms with E-state index in [9.17, 15) is 9.50 Å². The molecule has 1 saturated carbocycles. The van der Waals surface area contributed by atoms with Crippen molar-refractivity contribution in [3.05, 3.63) is 34.1 Å². The molecule has 1 aliphatic rings. The van der Waals surface area contributed by atoms with Crippen molar-refractivity contribution in [2.45, 2.75) is 38.6 Å². The third kappa shape index (κ3) is 4.03. The molecule has 1 aromatic rings. The van der Waals surface area contributed by atoms with E-state index in [0.717, 1.165) is 23.9 Å². The zero-order valence-electron chi connectivity index (χ0n) is 11.9. The molecule has 3 atom stereocenters. The van der Waals surface area contributed by atoms with Gasteiger partial charge in [-0.05, 0) is 50.3 Å². The zero-order chi connectivity index (χ0) is 14.5. The van der Waals surface area contributed by atoms with Gasteiger partial charge in [-0.15, -0.1) is 0 Å². The first-order chi connectivity index (χ1) is 9.61. The van der Waals surface area contributed by atoms with E-state index in [1.165, 1.54) is 18.9 Å². The molecular formula is C16H23BrFNO. The van der Waals surface area contributed by atoms with Crippen LogP contribution in [0.15, 0.2) is 22.7 Å². The van der Waals surface area contributed by atoms with Crippen molar-refractivity contribution in [1.29, 1.82) is 0 Å². The SMILES string of the molecule is CC(NCC1CCCCC1CO)c1ccc(Br)cc1F. The van der Waals surface area contributed by atoms with Crippen LogP contribution < -0.4 is 5.32 Å². The minimum atomic E-state index is -0.179. The summed E-state index contributed by atoms with van der Waals surface area (Å²) in [6, 6.07) is 5.18. The second kappa shape index (κ2) is 7.53. The van der Waals surface area contributed by atoms with E-state index in [2.05, 4.69) is 21.2 Å². The van der Waals surface area contributed by atoms with Crippen LogP contribution in [0, 0.1) is 17.7 Å². The highest BCUT2D eigenvalue weighted by Gasteiger charge is 2.24. The first-order valence-corrected chi connectivity index (χ1v) is 8.20. The van der Waals surface area contributed by atoms with Gasteiger partial charge >= 0.3 is 0 Å². The van der Waals surface area contributed by atoms with Crippen LogP contribution in [-0.4, -0.2) is 18.3 Å². The van der Waals surface area contributed by atoms with E-state index in [0.29, 0.717) is 17.4 Å². The van der Waals surface area contributed by atoms with Crippen molar-refractivity contribution < 1.29 is 9.50 Å². The lowest BCUT2D eigenvalue weighted by Crippen LogP contribution is -2.33. The molecule has 0 amide bonds. The summed E-state index contributed by atoms with van der Waals surface area (Å²) in [5, 5.41) is 12.9. The standard InChI is InChI=1S/C16H23BrFNO/c1-11(15-7-6-14(17)8-16(15)18)19-9-12-4-2-3-5-13(12)10-20/h6-8,11-13,19-20H,2-5,9-10H2,1H3. The van der Waals surface area contributed by atoms with Crippen LogP contribution in [0.5, 0.6) is 0 Å². The van der Waals surface area contributed by atoms with E-state index in [4.69, 9.17) is 0 Å². The summed E-state index contributed by atoms with van der Waals surface area (Å²) in [5.41, 5.74) is 0.699. The summed E-state index contributed by atoms with van der Waals surface area (Å²) in [7, 11) is 0. The third-order valence-corrected chi connectivity index (χ3v) is 4.91. The van der Waals surface area contributed by atoms with Gasteiger partial charge in [0.15, 0.2) is 0 Å². The van der Waals surface area contributed by atoms with E-state index in [1.54, 1.807) is 0 Å². The molecule has 0 aliphatic heterocycles. The largest absolute Gasteiger partial charge is 0.396 e. The van der Waals surface area contributed by atoms with Crippen LogP contribution in [0.25, 0.3) is 0 Å². The predicted octanol–water partition coefficient (Wildman–Crippen LogP) is 4.04. The Morgan fingerprint density at radius 1 is 1.35 bits per heavy atom. The van der Waals surface area contributed by atoms with Gasteiger partial charge in [0.1, 0.15) is 5.82 Å². The van der Waals surface area contributed by atoms with Gasteiger partial charge in [0.2, 0.25) is 0 Å². The molecule has 2 nitrogen and oxygen atoms in total. The molecule has 4 heteroatoms. The Kier molecular flexibility index (Phi) is 6.00. The van der Waals surface area contributed by atoms with Crippen molar-refractivity contribution in [2.24, 2.45) is 11.8 Å². The van der Waals surface area contributed by atoms with Gasteiger partial charge in [-0.25, -0.2) is 4.39 Å². The smallest absolute Gasteiger partial charge is 0.129 e. The molecule has 1 aromatic carbocycles. The fraction of sp³-hybridized carbons (Fsp3) is 0.625. The lowest BCUT2D eigenvalue weighted by molar-refractivity contribution is 0.131. The topological polar surface area (TPSA) is 32.3 Å². The van der Waals surface area contributed by atoms with Crippen molar-refractivity contribution in [3.8, 4) is 0 Å². The van der Waals surface area contributed by atoms with Crippen LogP contribution >= 0.6 is 15.9 Å². The van der Waals surface area contributed by atoms with Gasteiger partial charge < -0.3 is 10.4 Å². The van der Waals surface area contributed by atoms with Crippen LogP contribution in [-0.2, 0) is 0 Å². The van der Waals surface area contributed by atoms with Crippen LogP contribution in [0.1, 0.15) is 44.2 Å². The highest BCUT2D eigenvalue weighted by molar-refractivity contribution is 9.10. The molecule has 20 heavy (non-hydrogen) atoms. The van der Waals surface area contributed by atoms with Crippen molar-refractivity contribution in [1.82, 2.24) is 5.32 Å². The molecule has 0 bridgehead atoms. The number of rotatable bonds is 5. The molecule has 1 aliphatic carbocycles. The van der Waals surface area contributed by atoms with Gasteiger partial charge in [0, 0.05) is 22.7 Å². The first-order valence-electron chi connectivity index (χ1n) is 7.41. The second-order valence-corrected chi connectivity index (χ2v) is 6.70. The van der Waals surface area contributed by atoms with Crippen LogP contribution in [0.4, 0.5) is 4.39 Å². The van der Waals surface area contributed by atoms with Crippen LogP contribution in [0.2, 0.25) is 0 Å². The summed E-state index contributed by atoms with van der Waals surface area (Å²) in [4.78, 5) is 0. The minimum Gasteiger partial charge on any atom is -0.396 e. The minimum absolute atomic E-state index is 0.00984. The fourth-order valence-corrected chi connectivity index (χ4v) is 3.42. The van der Waals surface area contributed by atoms with E-state index in [-0.39, 0.29) is 18.5 Å². The summed E-state index contributed by atoms with van der Waals surface area (Å²) in [6.07, 6.45) is 4.74. The number of hydrogen-bond acceptors (Lipinski definition) is 2. The van der Waals surface area contributed by atoms with Crippen molar-refractivity contribution >= 4 is 15.9 Å². The van der Waals surface area contributed by atoms with E-state index in [1.807, 2.05) is 19.1 Å². The highest BCUT2D eigenvalue weighted by Crippen LogP contribution is 2.30. The predicted molar refractivity (Wildman–Crippen MR) is 83.1 cm³/mol. The number of aliphatic hydroxyl groups is 1. The molecule has 0 saturated heterocycles. The van der Waals surface area contributed by atoms with E-state index < -0.39 is 0 Å². The average Bonchev–Trinajstić information content (AvgIpc) is 2.45. The number of nitrogens with one attached hydrogen (secondary N) is 1. The summed E-state index contributed by atoms with van der Waals surface area (Å²) < 4.78 is 14.7. The molecule has 2 N–H and O–H groups in total. The average molecular weight is 344 g/mol. The molecule has 0 spiro atoms. The lowest BCUT2D eigenvalue weighted by Gasteiger charge is -2.31. The molecule has 0 radical (unpaired) electrons. The molecule has 1 fully saturated rings. The number of aliphatic hydroxyl groups excluding tert-OH is 1. The molecular weight excluding hydrogens is 321 g/mol. The quantitative estimate of drug-likeness (QED) is 0.845. The normalized spacial score (nSPS) is 24.6. The molecule has 0 heterocycles. The van der Waals surface area contributed by atoms with E-state index >= 15 is 0 Å². The Morgan fingerprint density at radius 3 is 2.70 bits per heavy atom. The Hall–Kier alpha value is -0.450. The van der Waals surface area contributed by atoms with Gasteiger partial charge in [0.25, 0.3) is 0 Å². The first kappa shape index (κ1) is 15.9. The molecule has 112 valence electrons. The summed E-state index contributed by atoms with van der Waals surface area (Å²) >= 11 is 3.28. The number of benzene rings is 1.